The first-order valence-corrected chi connectivity index (χ1v) is 12.5. The molecule has 1 fully saturated rings. The number of nitrogens with zero attached hydrogens (tertiary/aromatic N) is 4. The molecule has 1 aromatic heterocycles. The predicted molar refractivity (Wildman–Crippen MR) is 129 cm³/mol. The van der Waals surface area contributed by atoms with Crippen molar-refractivity contribution in [3.63, 3.8) is 0 Å². The van der Waals surface area contributed by atoms with Crippen LogP contribution in [-0.2, 0) is 16.6 Å². The number of hydrogen-bond acceptors (Lipinski definition) is 5. The second-order valence-corrected chi connectivity index (χ2v) is 9.82. The van der Waals surface area contributed by atoms with Crippen molar-refractivity contribution in [2.75, 3.05) is 37.0 Å². The normalized spacial score (nSPS) is 14.8. The number of para-hydroxylation sites is 1. The van der Waals surface area contributed by atoms with Gasteiger partial charge in [0.2, 0.25) is 0 Å². The molecule has 1 amide bonds. The second kappa shape index (κ2) is 10.1. The minimum atomic E-state index is -3.79. The molecule has 0 radical (unpaired) electrons. The van der Waals surface area contributed by atoms with E-state index in [4.69, 9.17) is 0 Å². The Labute approximate surface area is 195 Å². The smallest absolute Gasteiger partial charge is 0.264 e. The molecule has 7 nitrogen and oxygen atoms in total. The fourth-order valence-electron chi connectivity index (χ4n) is 4.04. The SMILES string of the molecule is CCN(c1ccccc1)S(=O)(=O)c1cccc(C(=O)N2CCN(Cc3ccncc3)CC2)c1. The molecule has 0 aliphatic carbocycles. The van der Waals surface area contributed by atoms with Gasteiger partial charge in [0.15, 0.2) is 0 Å². The summed E-state index contributed by atoms with van der Waals surface area (Å²) in [4.78, 5) is 21.4. The first-order chi connectivity index (χ1) is 16.0. The van der Waals surface area contributed by atoms with E-state index in [0.29, 0.717) is 30.9 Å². The summed E-state index contributed by atoms with van der Waals surface area (Å²) >= 11 is 0. The van der Waals surface area contributed by atoms with Crippen LogP contribution in [0.1, 0.15) is 22.8 Å². The lowest BCUT2D eigenvalue weighted by Crippen LogP contribution is -2.48. The molecule has 33 heavy (non-hydrogen) atoms. The van der Waals surface area contributed by atoms with Crippen LogP contribution in [0, 0.1) is 0 Å². The van der Waals surface area contributed by atoms with Crippen LogP contribution in [0.3, 0.4) is 0 Å². The number of amides is 1. The largest absolute Gasteiger partial charge is 0.336 e. The van der Waals surface area contributed by atoms with Crippen LogP contribution in [0.2, 0.25) is 0 Å². The molecule has 172 valence electrons. The molecule has 0 bridgehead atoms. The molecule has 2 heterocycles. The summed E-state index contributed by atoms with van der Waals surface area (Å²) in [6, 6.07) is 19.3. The van der Waals surface area contributed by atoms with E-state index in [9.17, 15) is 13.2 Å². The number of benzene rings is 2. The summed E-state index contributed by atoms with van der Waals surface area (Å²) < 4.78 is 28.0. The van der Waals surface area contributed by atoms with Crippen molar-refractivity contribution in [2.45, 2.75) is 18.4 Å². The lowest BCUT2D eigenvalue weighted by Gasteiger charge is -2.34. The molecule has 0 saturated carbocycles. The molecule has 3 aromatic rings. The Kier molecular flexibility index (Phi) is 7.05. The molecule has 8 heteroatoms. The van der Waals surface area contributed by atoms with E-state index in [-0.39, 0.29) is 10.8 Å². The van der Waals surface area contributed by atoms with Gasteiger partial charge in [0, 0.05) is 57.2 Å². The average molecular weight is 465 g/mol. The monoisotopic (exact) mass is 464 g/mol. The van der Waals surface area contributed by atoms with Crippen molar-refractivity contribution < 1.29 is 13.2 Å². The molecular formula is C25H28N4O3S. The number of anilines is 1. The van der Waals surface area contributed by atoms with Crippen LogP contribution in [-0.4, -0.2) is 61.8 Å². The van der Waals surface area contributed by atoms with Crippen LogP contribution in [0.15, 0.2) is 84.0 Å². The van der Waals surface area contributed by atoms with E-state index in [1.165, 1.54) is 15.9 Å². The lowest BCUT2D eigenvalue weighted by molar-refractivity contribution is 0.0628. The minimum absolute atomic E-state index is 0.121. The highest BCUT2D eigenvalue weighted by Gasteiger charge is 2.26. The zero-order chi connectivity index (χ0) is 23.3. The van der Waals surface area contributed by atoms with Gasteiger partial charge < -0.3 is 4.90 Å². The molecule has 1 saturated heterocycles. The van der Waals surface area contributed by atoms with Gasteiger partial charge in [-0.2, -0.15) is 0 Å². The maximum atomic E-state index is 13.3. The third-order valence-electron chi connectivity index (χ3n) is 5.82. The minimum Gasteiger partial charge on any atom is -0.336 e. The number of rotatable bonds is 7. The predicted octanol–water partition coefficient (Wildman–Crippen LogP) is 3.25. The molecule has 0 N–H and O–H groups in total. The Morgan fingerprint density at radius 2 is 1.64 bits per heavy atom. The van der Waals surface area contributed by atoms with Crippen molar-refractivity contribution in [2.24, 2.45) is 0 Å². The van der Waals surface area contributed by atoms with Crippen molar-refractivity contribution in [1.29, 1.82) is 0 Å². The number of carbonyl (C=O) groups excluding carboxylic acids is 1. The summed E-state index contributed by atoms with van der Waals surface area (Å²) in [6.45, 7) is 5.66. The van der Waals surface area contributed by atoms with Crippen LogP contribution < -0.4 is 4.31 Å². The molecule has 1 aliphatic heterocycles. The van der Waals surface area contributed by atoms with E-state index in [2.05, 4.69) is 9.88 Å². The van der Waals surface area contributed by atoms with Crippen LogP contribution in [0.4, 0.5) is 5.69 Å². The molecule has 4 rings (SSSR count). The first-order valence-electron chi connectivity index (χ1n) is 11.1. The van der Waals surface area contributed by atoms with Gasteiger partial charge >= 0.3 is 0 Å². The fourth-order valence-corrected chi connectivity index (χ4v) is 5.56. The Morgan fingerprint density at radius 1 is 0.939 bits per heavy atom. The first kappa shape index (κ1) is 22.9. The summed E-state index contributed by atoms with van der Waals surface area (Å²) in [6.07, 6.45) is 3.57. The Hall–Kier alpha value is -3.23. The van der Waals surface area contributed by atoms with Gasteiger partial charge in [0.05, 0.1) is 10.6 Å². The van der Waals surface area contributed by atoms with Crippen LogP contribution in [0.25, 0.3) is 0 Å². The summed E-state index contributed by atoms with van der Waals surface area (Å²) in [5.74, 6) is -0.140. The number of pyridine rings is 1. The second-order valence-electron chi connectivity index (χ2n) is 7.96. The average Bonchev–Trinajstić information content (AvgIpc) is 2.86. The van der Waals surface area contributed by atoms with E-state index in [0.717, 1.165) is 19.6 Å². The highest BCUT2D eigenvalue weighted by molar-refractivity contribution is 7.92. The van der Waals surface area contributed by atoms with Crippen molar-refractivity contribution in [3.05, 3.63) is 90.3 Å². The standard InChI is InChI=1S/C25H28N4O3S/c1-2-29(23-8-4-3-5-9-23)33(31,32)24-10-6-7-22(19-24)25(30)28-17-15-27(16-18-28)20-21-11-13-26-14-12-21/h3-14,19H,2,15-18,20H2,1H3. The third-order valence-corrected chi connectivity index (χ3v) is 7.71. The van der Waals surface area contributed by atoms with Crippen molar-refractivity contribution in [1.82, 2.24) is 14.8 Å². The Morgan fingerprint density at radius 3 is 2.30 bits per heavy atom. The Bertz CT molecular complexity index is 1180. The molecule has 0 spiro atoms. The van der Waals surface area contributed by atoms with E-state index >= 15 is 0 Å². The van der Waals surface area contributed by atoms with Gasteiger partial charge in [-0.05, 0) is 55.0 Å². The zero-order valence-electron chi connectivity index (χ0n) is 18.7. The summed E-state index contributed by atoms with van der Waals surface area (Å²) in [5.41, 5.74) is 2.19. The van der Waals surface area contributed by atoms with Gasteiger partial charge in [-0.15, -0.1) is 0 Å². The quantitative estimate of drug-likeness (QED) is 0.537. The van der Waals surface area contributed by atoms with Crippen LogP contribution in [0.5, 0.6) is 0 Å². The van der Waals surface area contributed by atoms with Crippen molar-refractivity contribution in [3.8, 4) is 0 Å². The maximum Gasteiger partial charge on any atom is 0.264 e. The molecule has 0 unspecified atom stereocenters. The van der Waals surface area contributed by atoms with E-state index in [1.54, 1.807) is 54.5 Å². The number of hydrogen-bond donors (Lipinski definition) is 0. The van der Waals surface area contributed by atoms with E-state index in [1.807, 2.05) is 30.3 Å². The highest BCUT2D eigenvalue weighted by atomic mass is 32.2. The maximum absolute atomic E-state index is 13.3. The number of piperazine rings is 1. The third kappa shape index (κ3) is 5.23. The molecule has 1 aliphatic rings. The number of sulfonamides is 1. The van der Waals surface area contributed by atoms with Gasteiger partial charge in [-0.3, -0.25) is 19.0 Å². The van der Waals surface area contributed by atoms with Gasteiger partial charge in [0.1, 0.15) is 0 Å². The topological polar surface area (TPSA) is 73.8 Å². The highest BCUT2D eigenvalue weighted by Crippen LogP contribution is 2.24. The van der Waals surface area contributed by atoms with Crippen molar-refractivity contribution >= 4 is 21.6 Å². The van der Waals surface area contributed by atoms with Gasteiger partial charge in [-0.1, -0.05) is 24.3 Å². The summed E-state index contributed by atoms with van der Waals surface area (Å²) in [7, 11) is -3.79. The Balaban J connectivity index is 1.46. The molecule has 0 atom stereocenters. The van der Waals surface area contributed by atoms with Gasteiger partial charge in [-0.25, -0.2) is 8.42 Å². The summed E-state index contributed by atoms with van der Waals surface area (Å²) in [5, 5.41) is 0. The zero-order valence-corrected chi connectivity index (χ0v) is 19.5. The number of aromatic nitrogens is 1. The van der Waals surface area contributed by atoms with Crippen LogP contribution >= 0.6 is 0 Å². The lowest BCUT2D eigenvalue weighted by atomic mass is 10.1. The van der Waals surface area contributed by atoms with E-state index < -0.39 is 10.0 Å². The number of carbonyl (C=O) groups is 1. The fraction of sp³-hybridized carbons (Fsp3) is 0.280. The molecular weight excluding hydrogens is 436 g/mol. The van der Waals surface area contributed by atoms with Gasteiger partial charge in [0.25, 0.3) is 15.9 Å². The molecule has 2 aromatic carbocycles.